The van der Waals surface area contributed by atoms with Crippen molar-refractivity contribution in [3.05, 3.63) is 29.8 Å². The summed E-state index contributed by atoms with van der Waals surface area (Å²) in [6, 6.07) is 7.32. The molecule has 0 saturated carbocycles. The number of carbonyl (C=O) groups excluding carboxylic acids is 2. The molecule has 130 valence electrons. The summed E-state index contributed by atoms with van der Waals surface area (Å²) < 4.78 is 10.3. The highest BCUT2D eigenvalue weighted by Crippen LogP contribution is 2.24. The molecule has 2 fully saturated rings. The minimum absolute atomic E-state index is 0.0430. The van der Waals surface area contributed by atoms with Gasteiger partial charge in [-0.05, 0) is 12.1 Å². The number of benzene rings is 1. The molecule has 0 radical (unpaired) electrons. The van der Waals surface area contributed by atoms with Crippen molar-refractivity contribution in [3.8, 4) is 5.75 Å². The SMILES string of the molecule is COCCN1C[C@H]2CN(C(=O)c3ccccc3OC)CCN2C1=O. The van der Waals surface area contributed by atoms with Crippen LogP contribution in [0.1, 0.15) is 10.4 Å². The fourth-order valence-corrected chi connectivity index (χ4v) is 3.34. The largest absolute Gasteiger partial charge is 0.496 e. The Labute approximate surface area is 141 Å². The average Bonchev–Trinajstić information content (AvgIpc) is 2.94. The molecule has 2 aliphatic heterocycles. The van der Waals surface area contributed by atoms with E-state index in [1.54, 1.807) is 31.3 Å². The number of rotatable bonds is 5. The molecule has 0 bridgehead atoms. The molecule has 3 amide bonds. The van der Waals surface area contributed by atoms with Crippen LogP contribution < -0.4 is 4.74 Å². The summed E-state index contributed by atoms with van der Waals surface area (Å²) in [5, 5.41) is 0. The van der Waals surface area contributed by atoms with E-state index in [0.717, 1.165) is 0 Å². The Bertz CT molecular complexity index is 622. The van der Waals surface area contributed by atoms with Gasteiger partial charge >= 0.3 is 6.03 Å². The summed E-state index contributed by atoms with van der Waals surface area (Å²) in [5.74, 6) is 0.532. The minimum atomic E-state index is -0.0464. The Hall–Kier alpha value is -2.28. The molecule has 2 heterocycles. The zero-order chi connectivity index (χ0) is 17.1. The van der Waals surface area contributed by atoms with Crippen LogP contribution in [0.4, 0.5) is 4.79 Å². The van der Waals surface area contributed by atoms with Crippen LogP contribution in [0.3, 0.4) is 0 Å². The van der Waals surface area contributed by atoms with Gasteiger partial charge in [0.2, 0.25) is 0 Å². The van der Waals surface area contributed by atoms with Crippen molar-refractivity contribution in [3.63, 3.8) is 0 Å². The summed E-state index contributed by atoms with van der Waals surface area (Å²) in [4.78, 5) is 30.6. The number of urea groups is 1. The van der Waals surface area contributed by atoms with Gasteiger partial charge in [-0.2, -0.15) is 0 Å². The lowest BCUT2D eigenvalue weighted by Gasteiger charge is -2.36. The third-order valence-electron chi connectivity index (χ3n) is 4.62. The van der Waals surface area contributed by atoms with Crippen LogP contribution in [0.25, 0.3) is 0 Å². The molecule has 2 aliphatic rings. The summed E-state index contributed by atoms with van der Waals surface area (Å²) in [7, 11) is 3.19. The number of methoxy groups -OCH3 is 2. The van der Waals surface area contributed by atoms with Gasteiger partial charge in [-0.1, -0.05) is 12.1 Å². The highest BCUT2D eigenvalue weighted by molar-refractivity contribution is 5.97. The Morgan fingerprint density at radius 2 is 2.00 bits per heavy atom. The van der Waals surface area contributed by atoms with Gasteiger partial charge in [-0.25, -0.2) is 4.79 Å². The van der Waals surface area contributed by atoms with Crippen molar-refractivity contribution >= 4 is 11.9 Å². The molecule has 1 atom stereocenters. The first-order chi connectivity index (χ1) is 11.7. The number of fused-ring (bicyclic) bond motifs is 1. The Morgan fingerprint density at radius 1 is 1.21 bits per heavy atom. The Kier molecular flexibility index (Phi) is 4.89. The van der Waals surface area contributed by atoms with Crippen LogP contribution in [-0.4, -0.2) is 86.2 Å². The van der Waals surface area contributed by atoms with Crippen LogP contribution >= 0.6 is 0 Å². The van der Waals surface area contributed by atoms with E-state index < -0.39 is 0 Å². The van der Waals surface area contributed by atoms with E-state index in [1.807, 2.05) is 21.9 Å². The number of piperazine rings is 1. The quantitative estimate of drug-likeness (QED) is 0.803. The van der Waals surface area contributed by atoms with E-state index in [2.05, 4.69) is 0 Å². The van der Waals surface area contributed by atoms with Crippen molar-refractivity contribution in [1.29, 1.82) is 0 Å². The van der Waals surface area contributed by atoms with Gasteiger partial charge in [0.25, 0.3) is 5.91 Å². The fourth-order valence-electron chi connectivity index (χ4n) is 3.34. The summed E-state index contributed by atoms with van der Waals surface area (Å²) >= 11 is 0. The average molecular weight is 333 g/mol. The number of amides is 3. The van der Waals surface area contributed by atoms with Crippen LogP contribution in [0.5, 0.6) is 5.75 Å². The second-order valence-electron chi connectivity index (χ2n) is 6.02. The maximum atomic E-state index is 12.8. The lowest BCUT2D eigenvalue weighted by atomic mass is 10.1. The summed E-state index contributed by atoms with van der Waals surface area (Å²) in [6.07, 6.45) is 0. The molecule has 0 spiro atoms. The van der Waals surface area contributed by atoms with Gasteiger partial charge in [0, 0.05) is 39.8 Å². The lowest BCUT2D eigenvalue weighted by molar-refractivity contribution is 0.0613. The first-order valence-electron chi connectivity index (χ1n) is 8.12. The third-order valence-corrected chi connectivity index (χ3v) is 4.62. The summed E-state index contributed by atoms with van der Waals surface area (Å²) in [6.45, 7) is 3.40. The molecule has 1 aromatic rings. The first-order valence-corrected chi connectivity index (χ1v) is 8.12. The molecular formula is C17H23N3O4. The smallest absolute Gasteiger partial charge is 0.320 e. The number of carbonyl (C=O) groups is 2. The molecule has 24 heavy (non-hydrogen) atoms. The van der Waals surface area contributed by atoms with E-state index in [9.17, 15) is 9.59 Å². The van der Waals surface area contributed by atoms with Crippen LogP contribution in [0, 0.1) is 0 Å². The van der Waals surface area contributed by atoms with E-state index in [-0.39, 0.29) is 18.0 Å². The molecule has 1 aromatic carbocycles. The molecular weight excluding hydrogens is 310 g/mol. The zero-order valence-electron chi connectivity index (χ0n) is 14.1. The highest BCUT2D eigenvalue weighted by atomic mass is 16.5. The number of hydrogen-bond acceptors (Lipinski definition) is 4. The molecule has 7 heteroatoms. The lowest BCUT2D eigenvalue weighted by Crippen LogP contribution is -2.53. The Morgan fingerprint density at radius 3 is 2.75 bits per heavy atom. The van der Waals surface area contributed by atoms with Crippen molar-refractivity contribution in [2.24, 2.45) is 0 Å². The predicted molar refractivity (Wildman–Crippen MR) is 88.2 cm³/mol. The number of hydrogen-bond donors (Lipinski definition) is 0. The van der Waals surface area contributed by atoms with Crippen molar-refractivity contribution < 1.29 is 19.1 Å². The first kappa shape index (κ1) is 16.6. The van der Waals surface area contributed by atoms with Gasteiger partial charge in [0.1, 0.15) is 5.75 Å². The molecule has 0 N–H and O–H groups in total. The number of para-hydroxylation sites is 1. The Balaban J connectivity index is 1.69. The van der Waals surface area contributed by atoms with E-state index >= 15 is 0 Å². The number of ether oxygens (including phenoxy) is 2. The van der Waals surface area contributed by atoms with E-state index in [4.69, 9.17) is 9.47 Å². The standard InChI is InChI=1S/C17H23N3O4/c1-23-10-9-19-12-13-11-18(7-8-20(13)17(19)22)16(21)14-5-3-4-6-15(14)24-2/h3-6,13H,7-12H2,1-2H3/t13-/m1/s1. The molecule has 3 rings (SSSR count). The third kappa shape index (κ3) is 3.03. The minimum Gasteiger partial charge on any atom is -0.496 e. The topological polar surface area (TPSA) is 62.3 Å². The highest BCUT2D eigenvalue weighted by Gasteiger charge is 2.41. The van der Waals surface area contributed by atoms with Gasteiger partial charge < -0.3 is 24.2 Å². The normalized spacial score (nSPS) is 20.3. The van der Waals surface area contributed by atoms with Crippen LogP contribution in [0.2, 0.25) is 0 Å². The van der Waals surface area contributed by atoms with E-state index in [1.165, 1.54) is 0 Å². The number of nitrogens with zero attached hydrogens (tertiary/aromatic N) is 3. The van der Waals surface area contributed by atoms with Gasteiger partial charge in [-0.15, -0.1) is 0 Å². The van der Waals surface area contributed by atoms with Crippen LogP contribution in [-0.2, 0) is 4.74 Å². The predicted octanol–water partition coefficient (Wildman–Crippen LogP) is 0.904. The van der Waals surface area contributed by atoms with E-state index in [0.29, 0.717) is 50.6 Å². The zero-order valence-corrected chi connectivity index (χ0v) is 14.1. The maximum Gasteiger partial charge on any atom is 0.320 e. The van der Waals surface area contributed by atoms with Gasteiger partial charge in [0.05, 0.1) is 25.3 Å². The second-order valence-corrected chi connectivity index (χ2v) is 6.02. The second kappa shape index (κ2) is 7.09. The summed E-state index contributed by atoms with van der Waals surface area (Å²) in [5.41, 5.74) is 0.564. The molecule has 2 saturated heterocycles. The molecule has 0 aliphatic carbocycles. The van der Waals surface area contributed by atoms with Crippen molar-refractivity contribution in [1.82, 2.24) is 14.7 Å². The fraction of sp³-hybridized carbons (Fsp3) is 0.529. The van der Waals surface area contributed by atoms with Crippen molar-refractivity contribution in [2.75, 3.05) is 53.6 Å². The van der Waals surface area contributed by atoms with Gasteiger partial charge in [0.15, 0.2) is 0 Å². The maximum absolute atomic E-state index is 12.8. The monoisotopic (exact) mass is 333 g/mol. The van der Waals surface area contributed by atoms with Crippen molar-refractivity contribution in [2.45, 2.75) is 6.04 Å². The van der Waals surface area contributed by atoms with Gasteiger partial charge in [-0.3, -0.25) is 4.79 Å². The van der Waals surface area contributed by atoms with Crippen LogP contribution in [0.15, 0.2) is 24.3 Å². The molecule has 7 nitrogen and oxygen atoms in total. The molecule has 0 unspecified atom stereocenters. The molecule has 0 aromatic heterocycles.